The van der Waals surface area contributed by atoms with E-state index in [0.717, 1.165) is 55.7 Å². The zero-order valence-electron chi connectivity index (χ0n) is 22.3. The molecule has 10 rings (SSSR count). The van der Waals surface area contributed by atoms with Gasteiger partial charge in [0.1, 0.15) is 5.58 Å². The highest BCUT2D eigenvalue weighted by Gasteiger charge is 2.30. The van der Waals surface area contributed by atoms with Crippen molar-refractivity contribution in [3.8, 4) is 11.4 Å². The van der Waals surface area contributed by atoms with Crippen LogP contribution in [0.2, 0.25) is 0 Å². The highest BCUT2D eigenvalue weighted by molar-refractivity contribution is 7.25. The number of hydrogen-bond donors (Lipinski definition) is 1. The normalized spacial score (nSPS) is 14.8. The molecule has 6 aromatic carbocycles. The van der Waals surface area contributed by atoms with Gasteiger partial charge in [-0.05, 0) is 42.5 Å². The van der Waals surface area contributed by atoms with Crippen molar-refractivity contribution in [2.45, 2.75) is 6.23 Å². The molecule has 9 aromatic rings. The third-order valence-corrected chi connectivity index (χ3v) is 9.80. The Hall–Kier alpha value is -5.26. The summed E-state index contributed by atoms with van der Waals surface area (Å²) in [4.78, 5) is 0. The Balaban J connectivity index is 1.23. The van der Waals surface area contributed by atoms with Crippen LogP contribution in [-0.2, 0) is 0 Å². The smallest absolute Gasteiger partial charge is 0.197 e. The summed E-state index contributed by atoms with van der Waals surface area (Å²) in [6.45, 7) is 0. The Morgan fingerprint density at radius 3 is 2.10 bits per heavy atom. The van der Waals surface area contributed by atoms with Crippen LogP contribution in [0.5, 0.6) is 5.75 Å². The molecule has 1 aliphatic heterocycles. The lowest BCUT2D eigenvalue weighted by molar-refractivity contribution is 0.264. The van der Waals surface area contributed by atoms with Gasteiger partial charge in [0.25, 0.3) is 0 Å². The van der Waals surface area contributed by atoms with Crippen molar-refractivity contribution in [1.29, 1.82) is 0 Å². The van der Waals surface area contributed by atoms with E-state index in [1.807, 2.05) is 23.5 Å². The highest BCUT2D eigenvalue weighted by atomic mass is 32.1. The first-order chi connectivity index (χ1) is 20.8. The number of fused-ring (bicyclic) bond motifs is 11. The summed E-state index contributed by atoms with van der Waals surface area (Å²) in [6.07, 6.45) is -0.347. The van der Waals surface area contributed by atoms with Gasteiger partial charge >= 0.3 is 0 Å². The number of rotatable bonds is 2. The predicted molar refractivity (Wildman–Crippen MR) is 174 cm³/mol. The minimum atomic E-state index is -0.347. The molecule has 0 saturated carbocycles. The maximum absolute atomic E-state index is 6.82. The van der Waals surface area contributed by atoms with Crippen molar-refractivity contribution < 1.29 is 9.15 Å². The quantitative estimate of drug-likeness (QED) is 0.229. The van der Waals surface area contributed by atoms with Gasteiger partial charge in [-0.1, -0.05) is 78.9 Å². The standard InChI is InChI=1S/C37H22N2O2S/c1-5-13-27-21(9-1)22-10-2-6-14-28(22)39(27)29-19-17-25(33-23-11-3-7-15-30(23)40-36(29)33)37-38-26-18-20-32-34(35(26)41-37)24-12-4-8-16-31(24)42-32/h1-20,37-38H. The first-order valence-electron chi connectivity index (χ1n) is 14.1. The van der Waals surface area contributed by atoms with E-state index < -0.39 is 0 Å². The lowest BCUT2D eigenvalue weighted by Crippen LogP contribution is -2.11. The minimum absolute atomic E-state index is 0.347. The van der Waals surface area contributed by atoms with Gasteiger partial charge in [0.2, 0.25) is 0 Å². The summed E-state index contributed by atoms with van der Waals surface area (Å²) in [5.41, 5.74) is 7.12. The van der Waals surface area contributed by atoms with Crippen molar-refractivity contribution in [2.75, 3.05) is 5.32 Å². The van der Waals surface area contributed by atoms with Gasteiger partial charge in [-0.15, -0.1) is 11.3 Å². The van der Waals surface area contributed by atoms with E-state index in [9.17, 15) is 0 Å². The van der Waals surface area contributed by atoms with Crippen LogP contribution in [-0.4, -0.2) is 4.57 Å². The van der Waals surface area contributed by atoms with Crippen LogP contribution < -0.4 is 10.1 Å². The molecule has 3 aromatic heterocycles. The summed E-state index contributed by atoms with van der Waals surface area (Å²) in [6, 6.07) is 42.8. The number of para-hydroxylation sites is 3. The third kappa shape index (κ3) is 2.90. The second-order valence-electron chi connectivity index (χ2n) is 10.9. The number of thiophene rings is 1. The van der Waals surface area contributed by atoms with Crippen LogP contribution in [0, 0.1) is 0 Å². The molecule has 1 N–H and O–H groups in total. The van der Waals surface area contributed by atoms with Gasteiger partial charge in [-0.25, -0.2) is 0 Å². The molecule has 42 heavy (non-hydrogen) atoms. The van der Waals surface area contributed by atoms with E-state index in [4.69, 9.17) is 9.15 Å². The van der Waals surface area contributed by atoms with Gasteiger partial charge in [0.05, 0.1) is 22.4 Å². The monoisotopic (exact) mass is 558 g/mol. The average Bonchev–Trinajstić information content (AvgIpc) is 3.80. The van der Waals surface area contributed by atoms with Gasteiger partial charge in [-0.3, -0.25) is 0 Å². The molecule has 0 saturated heterocycles. The largest absolute Gasteiger partial charge is 0.464 e. The number of furan rings is 1. The number of ether oxygens (including phenoxy) is 1. The number of nitrogens with zero attached hydrogens (tertiary/aromatic N) is 1. The van der Waals surface area contributed by atoms with E-state index in [-0.39, 0.29) is 6.23 Å². The van der Waals surface area contributed by atoms with E-state index in [2.05, 4.69) is 119 Å². The average molecular weight is 559 g/mol. The first kappa shape index (κ1) is 22.4. The van der Waals surface area contributed by atoms with Crippen molar-refractivity contribution in [3.63, 3.8) is 0 Å². The maximum Gasteiger partial charge on any atom is 0.197 e. The van der Waals surface area contributed by atoms with Gasteiger partial charge in [0.15, 0.2) is 17.6 Å². The van der Waals surface area contributed by atoms with Crippen LogP contribution in [0.4, 0.5) is 5.69 Å². The Morgan fingerprint density at radius 1 is 0.595 bits per heavy atom. The fourth-order valence-electron chi connectivity index (χ4n) is 6.87. The van der Waals surface area contributed by atoms with Crippen LogP contribution in [0.25, 0.3) is 69.6 Å². The summed E-state index contributed by atoms with van der Waals surface area (Å²) in [7, 11) is 0. The van der Waals surface area contributed by atoms with Crippen molar-refractivity contribution in [3.05, 3.63) is 127 Å². The van der Waals surface area contributed by atoms with Crippen LogP contribution in [0.15, 0.2) is 126 Å². The molecule has 198 valence electrons. The number of nitrogens with one attached hydrogen (secondary N) is 1. The van der Waals surface area contributed by atoms with Crippen LogP contribution >= 0.6 is 11.3 Å². The fourth-order valence-corrected chi connectivity index (χ4v) is 7.97. The summed E-state index contributed by atoms with van der Waals surface area (Å²) < 4.78 is 18.3. The number of benzene rings is 6. The second kappa shape index (κ2) is 8.15. The lowest BCUT2D eigenvalue weighted by atomic mass is 10.0. The van der Waals surface area contributed by atoms with Crippen LogP contribution in [0.3, 0.4) is 0 Å². The summed E-state index contributed by atoms with van der Waals surface area (Å²) >= 11 is 1.81. The molecule has 0 fully saturated rings. The molecule has 1 unspecified atom stereocenters. The number of anilines is 1. The molecule has 0 radical (unpaired) electrons. The minimum Gasteiger partial charge on any atom is -0.464 e. The van der Waals surface area contributed by atoms with E-state index in [0.29, 0.717) is 0 Å². The molecule has 4 heterocycles. The van der Waals surface area contributed by atoms with Crippen LogP contribution in [0.1, 0.15) is 11.8 Å². The first-order valence-corrected chi connectivity index (χ1v) is 15.0. The van der Waals surface area contributed by atoms with Crippen molar-refractivity contribution in [2.24, 2.45) is 0 Å². The van der Waals surface area contributed by atoms with E-state index in [1.165, 1.54) is 30.9 Å². The number of hydrogen-bond acceptors (Lipinski definition) is 4. The van der Waals surface area contributed by atoms with Gasteiger partial charge in [0, 0.05) is 47.3 Å². The Bertz CT molecular complexity index is 2500. The van der Waals surface area contributed by atoms with E-state index >= 15 is 0 Å². The fraction of sp³-hybridized carbons (Fsp3) is 0.0270. The van der Waals surface area contributed by atoms with Gasteiger partial charge < -0.3 is 19.0 Å². The van der Waals surface area contributed by atoms with Crippen molar-refractivity contribution >= 4 is 80.9 Å². The molecule has 1 aliphatic rings. The number of aromatic nitrogens is 1. The zero-order chi connectivity index (χ0) is 27.4. The topological polar surface area (TPSA) is 39.3 Å². The molecule has 0 bridgehead atoms. The Kier molecular flexibility index (Phi) is 4.35. The molecule has 1 atom stereocenters. The second-order valence-corrected chi connectivity index (χ2v) is 12.0. The molecule has 0 spiro atoms. The van der Waals surface area contributed by atoms with E-state index in [1.54, 1.807) is 0 Å². The molecule has 5 heteroatoms. The summed E-state index contributed by atoms with van der Waals surface area (Å²) in [5, 5.41) is 10.7. The maximum atomic E-state index is 6.82. The SMILES string of the molecule is c1ccc2c(c1)oc1c(-n3c4ccccc4c4ccccc43)ccc(C3Nc4ccc5sc6ccccc6c5c4O3)c12. The molecular formula is C37H22N2O2S. The molecule has 0 amide bonds. The van der Waals surface area contributed by atoms with Crippen molar-refractivity contribution in [1.82, 2.24) is 4.57 Å². The Labute approximate surface area is 244 Å². The van der Waals surface area contributed by atoms with Gasteiger partial charge in [-0.2, -0.15) is 0 Å². The molecule has 0 aliphatic carbocycles. The zero-order valence-corrected chi connectivity index (χ0v) is 23.1. The molecular weight excluding hydrogens is 536 g/mol. The third-order valence-electron chi connectivity index (χ3n) is 8.66. The Morgan fingerprint density at radius 2 is 1.29 bits per heavy atom. The summed E-state index contributed by atoms with van der Waals surface area (Å²) in [5.74, 6) is 0.919. The molecule has 4 nitrogen and oxygen atoms in total. The predicted octanol–water partition coefficient (Wildman–Crippen LogP) is 10.6. The lowest BCUT2D eigenvalue weighted by Gasteiger charge is -2.16. The highest BCUT2D eigenvalue weighted by Crippen LogP contribution is 2.50.